The minimum atomic E-state index is -4.39. The maximum Gasteiger partial charge on any atom is 0.434 e. The van der Waals surface area contributed by atoms with Crippen molar-refractivity contribution in [3.05, 3.63) is 51.5 Å². The minimum Gasteiger partial charge on any atom is -0.380 e. The van der Waals surface area contributed by atoms with E-state index in [-0.39, 0.29) is 0 Å². The molecule has 0 atom stereocenters. The Morgan fingerprint density at radius 2 is 1.96 bits per heavy atom. The zero-order valence-corrected chi connectivity index (χ0v) is 16.1. The maximum atomic E-state index is 12.6. The Kier molecular flexibility index (Phi) is 8.05. The van der Waals surface area contributed by atoms with Gasteiger partial charge in [0.25, 0.3) is 0 Å². The normalized spacial score (nSPS) is 12.3. The van der Waals surface area contributed by atoms with Crippen LogP contribution in [0.3, 0.4) is 0 Å². The molecule has 0 aliphatic heterocycles. The van der Waals surface area contributed by atoms with Crippen molar-refractivity contribution in [3.8, 4) is 0 Å². The Bertz CT molecular complexity index is 746. The fraction of sp³-hybridized carbons (Fsp3) is 0.444. The summed E-state index contributed by atoms with van der Waals surface area (Å²) in [4.78, 5) is 8.17. The van der Waals surface area contributed by atoms with Gasteiger partial charge in [0.2, 0.25) is 0 Å². The van der Waals surface area contributed by atoms with Gasteiger partial charge in [-0.3, -0.25) is 0 Å². The zero-order chi connectivity index (χ0) is 19.7. The molecule has 9 heteroatoms. The molecular formula is C18H23F3N4OS. The van der Waals surface area contributed by atoms with Gasteiger partial charge >= 0.3 is 6.18 Å². The van der Waals surface area contributed by atoms with Crippen LogP contribution in [0, 0.1) is 0 Å². The molecule has 2 N–H and O–H groups in total. The summed E-state index contributed by atoms with van der Waals surface area (Å²) in [5, 5.41) is 7.75. The van der Waals surface area contributed by atoms with Crippen molar-refractivity contribution in [2.24, 2.45) is 4.99 Å². The zero-order valence-electron chi connectivity index (χ0n) is 15.3. The third-order valence-electron chi connectivity index (χ3n) is 3.64. The van der Waals surface area contributed by atoms with Crippen molar-refractivity contribution < 1.29 is 17.9 Å². The van der Waals surface area contributed by atoms with Crippen molar-refractivity contribution in [2.75, 3.05) is 20.2 Å². The lowest BCUT2D eigenvalue weighted by Gasteiger charge is -2.12. The second kappa shape index (κ2) is 10.3. The van der Waals surface area contributed by atoms with Crippen molar-refractivity contribution in [3.63, 3.8) is 0 Å². The van der Waals surface area contributed by atoms with Crippen LogP contribution in [-0.2, 0) is 30.5 Å². The summed E-state index contributed by atoms with van der Waals surface area (Å²) in [7, 11) is 1.65. The standard InChI is InChI=1S/C18H23F3N4OS/c1-3-22-17(24-10-13-6-4-5-7-14(13)11-26-2)23-9-8-16-25-15(12-27-16)18(19,20)21/h4-7,12H,3,8-11H2,1-2H3,(H2,22,23,24). The quantitative estimate of drug-likeness (QED) is 0.525. The van der Waals surface area contributed by atoms with Crippen LogP contribution in [0.15, 0.2) is 34.6 Å². The molecule has 0 fully saturated rings. The van der Waals surface area contributed by atoms with Crippen LogP contribution >= 0.6 is 11.3 Å². The molecule has 0 amide bonds. The van der Waals surface area contributed by atoms with Gasteiger partial charge < -0.3 is 15.4 Å². The molecule has 148 valence electrons. The molecule has 1 aromatic carbocycles. The third-order valence-corrected chi connectivity index (χ3v) is 4.55. The molecule has 0 saturated heterocycles. The lowest BCUT2D eigenvalue weighted by molar-refractivity contribution is -0.140. The Morgan fingerprint density at radius 1 is 1.22 bits per heavy atom. The Labute approximate surface area is 160 Å². The average molecular weight is 400 g/mol. The number of halogens is 3. The van der Waals surface area contributed by atoms with E-state index >= 15 is 0 Å². The number of methoxy groups -OCH3 is 1. The van der Waals surface area contributed by atoms with Crippen LogP contribution in [0.1, 0.15) is 28.8 Å². The average Bonchev–Trinajstić information content (AvgIpc) is 3.10. The minimum absolute atomic E-state index is 0.394. The molecular weight excluding hydrogens is 377 g/mol. The Hall–Kier alpha value is -2.13. The first-order chi connectivity index (χ1) is 12.9. The topological polar surface area (TPSA) is 58.5 Å². The van der Waals surface area contributed by atoms with E-state index in [1.165, 1.54) is 0 Å². The van der Waals surface area contributed by atoms with Gasteiger partial charge in [0.15, 0.2) is 11.7 Å². The largest absolute Gasteiger partial charge is 0.434 e. The SMILES string of the molecule is CCNC(=NCc1ccccc1COC)NCCc1nc(C(F)(F)F)cs1. The van der Waals surface area contributed by atoms with E-state index in [2.05, 4.69) is 20.6 Å². The second-order valence-corrected chi connectivity index (χ2v) is 6.64. The monoisotopic (exact) mass is 400 g/mol. The Balaban J connectivity index is 1.93. The smallest absolute Gasteiger partial charge is 0.380 e. The highest BCUT2D eigenvalue weighted by Crippen LogP contribution is 2.29. The maximum absolute atomic E-state index is 12.6. The van der Waals surface area contributed by atoms with Crippen LogP contribution in [0.2, 0.25) is 0 Å². The molecule has 5 nitrogen and oxygen atoms in total. The van der Waals surface area contributed by atoms with Crippen LogP contribution in [0.5, 0.6) is 0 Å². The number of ether oxygens (including phenoxy) is 1. The van der Waals surface area contributed by atoms with Crippen LogP contribution in [0.25, 0.3) is 0 Å². The van der Waals surface area contributed by atoms with Gasteiger partial charge in [-0.15, -0.1) is 11.3 Å². The highest BCUT2D eigenvalue weighted by atomic mass is 32.1. The van der Waals surface area contributed by atoms with E-state index in [1.807, 2.05) is 31.2 Å². The molecule has 2 aromatic rings. The molecule has 27 heavy (non-hydrogen) atoms. The molecule has 1 heterocycles. The van der Waals surface area contributed by atoms with Gasteiger partial charge in [0.05, 0.1) is 18.2 Å². The molecule has 0 aliphatic carbocycles. The van der Waals surface area contributed by atoms with Crippen molar-refractivity contribution in [1.29, 1.82) is 0 Å². The molecule has 0 saturated carbocycles. The highest BCUT2D eigenvalue weighted by molar-refractivity contribution is 7.09. The van der Waals surface area contributed by atoms with E-state index in [4.69, 9.17) is 4.74 Å². The molecule has 0 unspecified atom stereocenters. The number of nitrogens with zero attached hydrogens (tertiary/aromatic N) is 2. The summed E-state index contributed by atoms with van der Waals surface area (Å²) in [5.41, 5.74) is 1.30. The number of aliphatic imine (C=N–C) groups is 1. The van der Waals surface area contributed by atoms with Gasteiger partial charge in [-0.25, -0.2) is 9.98 Å². The Morgan fingerprint density at radius 3 is 2.59 bits per heavy atom. The molecule has 0 aliphatic rings. The van der Waals surface area contributed by atoms with E-state index < -0.39 is 11.9 Å². The number of nitrogens with one attached hydrogen (secondary N) is 2. The summed E-state index contributed by atoms with van der Waals surface area (Å²) >= 11 is 1.01. The summed E-state index contributed by atoms with van der Waals surface area (Å²) in [6.07, 6.45) is -4.00. The van der Waals surface area contributed by atoms with Gasteiger partial charge in [-0.2, -0.15) is 13.2 Å². The molecule has 0 spiro atoms. The number of guanidine groups is 1. The lowest BCUT2D eigenvalue weighted by atomic mass is 10.1. The summed E-state index contributed by atoms with van der Waals surface area (Å²) in [6.45, 7) is 4.06. The van der Waals surface area contributed by atoms with Crippen molar-refractivity contribution in [2.45, 2.75) is 32.7 Å². The first-order valence-electron chi connectivity index (χ1n) is 8.53. The first-order valence-corrected chi connectivity index (χ1v) is 9.41. The van der Waals surface area contributed by atoms with Gasteiger partial charge in [-0.05, 0) is 18.1 Å². The number of alkyl halides is 3. The number of aromatic nitrogens is 1. The first kappa shape index (κ1) is 21.2. The van der Waals surface area contributed by atoms with Gasteiger partial charge in [0, 0.05) is 32.0 Å². The van der Waals surface area contributed by atoms with E-state index in [0.717, 1.165) is 27.8 Å². The van der Waals surface area contributed by atoms with Crippen molar-refractivity contribution in [1.82, 2.24) is 15.6 Å². The lowest BCUT2D eigenvalue weighted by Crippen LogP contribution is -2.38. The van der Waals surface area contributed by atoms with Gasteiger partial charge in [-0.1, -0.05) is 24.3 Å². The van der Waals surface area contributed by atoms with Crippen LogP contribution in [0.4, 0.5) is 13.2 Å². The summed E-state index contributed by atoms with van der Waals surface area (Å²) < 4.78 is 43.0. The molecule has 0 bridgehead atoms. The fourth-order valence-electron chi connectivity index (χ4n) is 2.36. The number of hydrogen-bond donors (Lipinski definition) is 2. The number of hydrogen-bond acceptors (Lipinski definition) is 4. The summed E-state index contributed by atoms with van der Waals surface area (Å²) in [6, 6.07) is 7.89. The number of benzene rings is 1. The predicted molar refractivity (Wildman–Crippen MR) is 101 cm³/mol. The van der Waals surface area contributed by atoms with E-state index in [0.29, 0.717) is 43.6 Å². The van der Waals surface area contributed by atoms with Crippen LogP contribution < -0.4 is 10.6 Å². The third kappa shape index (κ3) is 6.84. The number of thiazole rings is 1. The number of rotatable bonds is 8. The molecule has 1 aromatic heterocycles. The second-order valence-electron chi connectivity index (χ2n) is 5.70. The predicted octanol–water partition coefficient (Wildman–Crippen LogP) is 3.61. The summed E-state index contributed by atoms with van der Waals surface area (Å²) in [5.74, 6) is 0.609. The van der Waals surface area contributed by atoms with E-state index in [9.17, 15) is 13.2 Å². The highest BCUT2D eigenvalue weighted by Gasteiger charge is 2.33. The van der Waals surface area contributed by atoms with Crippen LogP contribution in [-0.4, -0.2) is 31.1 Å². The molecule has 2 rings (SSSR count). The molecule has 0 radical (unpaired) electrons. The van der Waals surface area contributed by atoms with Crippen molar-refractivity contribution >= 4 is 17.3 Å². The van der Waals surface area contributed by atoms with E-state index in [1.54, 1.807) is 7.11 Å². The fourth-order valence-corrected chi connectivity index (χ4v) is 3.16. The van der Waals surface area contributed by atoms with Gasteiger partial charge in [0.1, 0.15) is 0 Å².